The maximum Gasteiger partial charge on any atom is 0.228 e. The average molecular weight is 292 g/mol. The van der Waals surface area contributed by atoms with Crippen LogP contribution in [0.3, 0.4) is 0 Å². The van der Waals surface area contributed by atoms with E-state index in [4.69, 9.17) is 0 Å². The van der Waals surface area contributed by atoms with Gasteiger partial charge < -0.3 is 10.2 Å². The van der Waals surface area contributed by atoms with Crippen LogP contribution in [0, 0.1) is 10.8 Å². The fourth-order valence-electron chi connectivity index (χ4n) is 4.53. The number of nitrogens with zero attached hydrogens (tertiary/aromatic N) is 1. The van der Waals surface area contributed by atoms with Crippen LogP contribution in [0.25, 0.3) is 0 Å². The van der Waals surface area contributed by atoms with Crippen molar-refractivity contribution in [3.8, 4) is 0 Å². The van der Waals surface area contributed by atoms with Crippen LogP contribution in [0.15, 0.2) is 0 Å². The summed E-state index contributed by atoms with van der Waals surface area (Å²) in [6, 6.07) is 0. The third-order valence-corrected chi connectivity index (χ3v) is 5.87. The van der Waals surface area contributed by atoms with Gasteiger partial charge in [-0.1, -0.05) is 32.6 Å². The maximum absolute atomic E-state index is 13.1. The van der Waals surface area contributed by atoms with Gasteiger partial charge in [0, 0.05) is 36.9 Å². The zero-order valence-electron chi connectivity index (χ0n) is 13.2. The van der Waals surface area contributed by atoms with Gasteiger partial charge in [-0.3, -0.25) is 9.59 Å². The summed E-state index contributed by atoms with van der Waals surface area (Å²) in [5, 5.41) is 2.96. The number of piperidine rings is 1. The Hall–Kier alpha value is -1.06. The third kappa shape index (κ3) is 2.95. The summed E-state index contributed by atoms with van der Waals surface area (Å²) in [5.74, 6) is 0.507. The first-order valence-electron chi connectivity index (χ1n) is 8.59. The minimum Gasteiger partial charge on any atom is -0.355 e. The van der Waals surface area contributed by atoms with E-state index in [1.54, 1.807) is 0 Å². The molecule has 3 aliphatic rings. The van der Waals surface area contributed by atoms with E-state index in [-0.39, 0.29) is 16.7 Å². The topological polar surface area (TPSA) is 49.4 Å². The summed E-state index contributed by atoms with van der Waals surface area (Å²) in [4.78, 5) is 26.7. The molecule has 3 fully saturated rings. The van der Waals surface area contributed by atoms with E-state index in [2.05, 4.69) is 17.1 Å². The summed E-state index contributed by atoms with van der Waals surface area (Å²) >= 11 is 0. The Kier molecular flexibility index (Phi) is 3.98. The molecule has 0 radical (unpaired) electrons. The van der Waals surface area contributed by atoms with Crippen molar-refractivity contribution in [1.82, 2.24) is 10.2 Å². The first-order valence-corrected chi connectivity index (χ1v) is 8.59. The lowest BCUT2D eigenvalue weighted by molar-refractivity contribution is -0.145. The van der Waals surface area contributed by atoms with Crippen molar-refractivity contribution in [2.24, 2.45) is 10.8 Å². The molecule has 0 aromatic rings. The zero-order chi connectivity index (χ0) is 14.9. The van der Waals surface area contributed by atoms with Crippen LogP contribution in [0.2, 0.25) is 0 Å². The molecule has 1 spiro atoms. The molecule has 1 aliphatic carbocycles. The predicted octanol–water partition coefficient (Wildman–Crippen LogP) is 2.48. The molecule has 1 atom stereocenters. The summed E-state index contributed by atoms with van der Waals surface area (Å²) in [6.07, 6.45) is 9.69. The van der Waals surface area contributed by atoms with E-state index in [0.29, 0.717) is 12.3 Å². The molecule has 0 aromatic heterocycles. The van der Waals surface area contributed by atoms with E-state index < -0.39 is 0 Å². The zero-order valence-corrected chi connectivity index (χ0v) is 13.2. The molecule has 0 bridgehead atoms. The minimum atomic E-state index is -0.162. The van der Waals surface area contributed by atoms with Crippen LogP contribution < -0.4 is 5.32 Å². The first kappa shape index (κ1) is 14.9. The van der Waals surface area contributed by atoms with Crippen molar-refractivity contribution in [1.29, 1.82) is 0 Å². The van der Waals surface area contributed by atoms with Crippen LogP contribution in [0.4, 0.5) is 0 Å². The predicted molar refractivity (Wildman–Crippen MR) is 81.7 cm³/mol. The largest absolute Gasteiger partial charge is 0.355 e. The van der Waals surface area contributed by atoms with Gasteiger partial charge in [0.15, 0.2) is 0 Å². The standard InChI is InChI=1S/C17H28N2O2/c1-16(7-4-2-3-5-8-16)15(21)19-10-6-9-17(13-19)11-14(20)18-12-17/h2-13H2,1H3,(H,18,20)/t17-/m0/s1. The average Bonchev–Trinajstić information content (AvgIpc) is 2.69. The number of hydrogen-bond acceptors (Lipinski definition) is 2. The van der Waals surface area contributed by atoms with Crippen LogP contribution in [-0.4, -0.2) is 36.3 Å². The Morgan fingerprint density at radius 3 is 2.43 bits per heavy atom. The number of amides is 2. The van der Waals surface area contributed by atoms with Gasteiger partial charge in [-0.25, -0.2) is 0 Å². The van der Waals surface area contributed by atoms with Gasteiger partial charge in [-0.2, -0.15) is 0 Å². The quantitative estimate of drug-likeness (QED) is 0.755. The first-order chi connectivity index (χ1) is 10.0. The van der Waals surface area contributed by atoms with E-state index in [1.165, 1.54) is 25.7 Å². The molecule has 0 unspecified atom stereocenters. The molecule has 21 heavy (non-hydrogen) atoms. The van der Waals surface area contributed by atoms with Crippen LogP contribution in [0.5, 0.6) is 0 Å². The third-order valence-electron chi connectivity index (χ3n) is 5.87. The molecule has 118 valence electrons. The van der Waals surface area contributed by atoms with Crippen molar-refractivity contribution in [2.45, 2.75) is 64.7 Å². The smallest absolute Gasteiger partial charge is 0.228 e. The number of hydrogen-bond donors (Lipinski definition) is 1. The van der Waals surface area contributed by atoms with Gasteiger partial charge in [0.2, 0.25) is 11.8 Å². The van der Waals surface area contributed by atoms with E-state index in [0.717, 1.165) is 45.3 Å². The van der Waals surface area contributed by atoms with Crippen LogP contribution in [-0.2, 0) is 9.59 Å². The number of rotatable bonds is 1. The Bertz CT molecular complexity index is 427. The van der Waals surface area contributed by atoms with Crippen molar-refractivity contribution >= 4 is 11.8 Å². The highest BCUT2D eigenvalue weighted by Gasteiger charge is 2.45. The monoisotopic (exact) mass is 292 g/mol. The molecule has 2 heterocycles. The summed E-state index contributed by atoms with van der Waals surface area (Å²) in [6.45, 7) is 4.58. The lowest BCUT2D eigenvalue weighted by Gasteiger charge is -2.43. The molecule has 1 saturated carbocycles. The fraction of sp³-hybridized carbons (Fsp3) is 0.882. The van der Waals surface area contributed by atoms with E-state index in [9.17, 15) is 9.59 Å². The second kappa shape index (κ2) is 5.62. The number of carbonyl (C=O) groups excluding carboxylic acids is 2. The van der Waals surface area contributed by atoms with Crippen molar-refractivity contribution in [2.75, 3.05) is 19.6 Å². The second-order valence-electron chi connectivity index (χ2n) is 7.76. The maximum atomic E-state index is 13.1. The summed E-state index contributed by atoms with van der Waals surface area (Å²) in [7, 11) is 0. The Morgan fingerprint density at radius 2 is 1.81 bits per heavy atom. The minimum absolute atomic E-state index is 0.0199. The van der Waals surface area contributed by atoms with Gasteiger partial charge >= 0.3 is 0 Å². The van der Waals surface area contributed by atoms with Crippen LogP contribution in [0.1, 0.15) is 64.7 Å². The molecule has 2 aliphatic heterocycles. The Balaban J connectivity index is 1.70. The van der Waals surface area contributed by atoms with Crippen molar-refractivity contribution in [3.05, 3.63) is 0 Å². The SMILES string of the molecule is CC1(C(=O)N2CCC[C@]3(CNC(=O)C3)C2)CCCCCC1. The molecule has 1 N–H and O–H groups in total. The van der Waals surface area contributed by atoms with Gasteiger partial charge in [0.1, 0.15) is 0 Å². The highest BCUT2D eigenvalue weighted by molar-refractivity contribution is 5.83. The van der Waals surface area contributed by atoms with Gasteiger partial charge in [0.25, 0.3) is 0 Å². The van der Waals surface area contributed by atoms with Crippen molar-refractivity contribution < 1.29 is 9.59 Å². The van der Waals surface area contributed by atoms with Gasteiger partial charge in [0.05, 0.1) is 0 Å². The van der Waals surface area contributed by atoms with Crippen molar-refractivity contribution in [3.63, 3.8) is 0 Å². The highest BCUT2D eigenvalue weighted by atomic mass is 16.2. The van der Waals surface area contributed by atoms with Gasteiger partial charge in [-0.05, 0) is 25.7 Å². The second-order valence-corrected chi connectivity index (χ2v) is 7.76. The van der Waals surface area contributed by atoms with E-state index >= 15 is 0 Å². The van der Waals surface area contributed by atoms with E-state index in [1.807, 2.05) is 0 Å². The number of carbonyl (C=O) groups is 2. The number of likely N-dealkylation sites (tertiary alicyclic amines) is 1. The molecule has 2 saturated heterocycles. The lowest BCUT2D eigenvalue weighted by atomic mass is 9.76. The summed E-state index contributed by atoms with van der Waals surface area (Å²) in [5.41, 5.74) is -0.142. The van der Waals surface area contributed by atoms with Crippen LogP contribution >= 0.6 is 0 Å². The molecular formula is C17H28N2O2. The molecule has 4 heteroatoms. The fourth-order valence-corrected chi connectivity index (χ4v) is 4.53. The lowest BCUT2D eigenvalue weighted by Crippen LogP contribution is -2.51. The molecule has 0 aromatic carbocycles. The normalized spacial score (nSPS) is 32.8. The molecule has 4 nitrogen and oxygen atoms in total. The Labute approximate surface area is 127 Å². The highest BCUT2D eigenvalue weighted by Crippen LogP contribution is 2.41. The number of nitrogens with one attached hydrogen (secondary N) is 1. The molecule has 3 rings (SSSR count). The molecule has 2 amide bonds. The Morgan fingerprint density at radius 1 is 1.10 bits per heavy atom. The summed E-state index contributed by atoms with van der Waals surface area (Å²) < 4.78 is 0. The van der Waals surface area contributed by atoms with Gasteiger partial charge in [-0.15, -0.1) is 0 Å². The molecular weight excluding hydrogens is 264 g/mol.